The van der Waals surface area contributed by atoms with Crippen molar-refractivity contribution in [3.63, 3.8) is 0 Å². The number of esters is 1. The van der Waals surface area contributed by atoms with Gasteiger partial charge in [-0.15, -0.1) is 0 Å². The van der Waals surface area contributed by atoms with E-state index in [0.717, 1.165) is 0 Å². The fourth-order valence-corrected chi connectivity index (χ4v) is 1.72. The minimum atomic E-state index is -2.64. The molecule has 1 aliphatic carbocycles. The number of methoxy groups -OCH3 is 1. The van der Waals surface area contributed by atoms with Crippen LogP contribution in [0, 0.1) is 5.92 Å². The first-order valence-electron chi connectivity index (χ1n) is 4.92. The van der Waals surface area contributed by atoms with E-state index in [-0.39, 0.29) is 37.9 Å². The minimum Gasteiger partial charge on any atom is -0.469 e. The second kappa shape index (κ2) is 4.68. The number of hydrogen-bond acceptors (Lipinski definition) is 3. The van der Waals surface area contributed by atoms with Crippen LogP contribution in [-0.2, 0) is 14.3 Å². The maximum atomic E-state index is 12.8. The molecule has 0 radical (unpaired) electrons. The van der Waals surface area contributed by atoms with Crippen molar-refractivity contribution in [2.45, 2.75) is 38.0 Å². The first-order valence-corrected chi connectivity index (χ1v) is 4.92. The number of hydrogen-bond donors (Lipinski definition) is 0. The van der Waals surface area contributed by atoms with Crippen LogP contribution in [0.3, 0.4) is 0 Å². The van der Waals surface area contributed by atoms with Crippen LogP contribution >= 0.6 is 0 Å². The Balaban J connectivity index is 2.40. The Labute approximate surface area is 86.8 Å². The Kier molecular flexibility index (Phi) is 3.77. The van der Waals surface area contributed by atoms with E-state index in [1.54, 1.807) is 0 Å². The normalized spacial score (nSPS) is 21.0. The average molecular weight is 220 g/mol. The molecule has 0 aliphatic heterocycles. The van der Waals surface area contributed by atoms with Gasteiger partial charge in [0.2, 0.25) is 5.92 Å². The summed E-state index contributed by atoms with van der Waals surface area (Å²) in [5.74, 6) is -3.92. The van der Waals surface area contributed by atoms with Crippen molar-refractivity contribution in [2.75, 3.05) is 7.11 Å². The van der Waals surface area contributed by atoms with E-state index in [4.69, 9.17) is 0 Å². The molecule has 0 unspecified atom stereocenters. The highest BCUT2D eigenvalue weighted by molar-refractivity contribution is 5.96. The summed E-state index contributed by atoms with van der Waals surface area (Å²) in [5.41, 5.74) is 0. The molecule has 0 amide bonds. The maximum Gasteiger partial charge on any atom is 0.313 e. The molecule has 0 atom stereocenters. The van der Waals surface area contributed by atoms with Crippen LogP contribution in [-0.4, -0.2) is 24.8 Å². The molecular weight excluding hydrogens is 206 g/mol. The number of ether oxygens (including phenoxy) is 1. The monoisotopic (exact) mass is 220 g/mol. The van der Waals surface area contributed by atoms with Crippen LogP contribution in [0.15, 0.2) is 0 Å². The third kappa shape index (κ3) is 3.57. The van der Waals surface area contributed by atoms with Crippen LogP contribution in [0.2, 0.25) is 0 Å². The maximum absolute atomic E-state index is 12.8. The van der Waals surface area contributed by atoms with Crippen molar-refractivity contribution in [1.82, 2.24) is 0 Å². The second-order valence-electron chi connectivity index (χ2n) is 3.85. The van der Waals surface area contributed by atoms with Gasteiger partial charge in [-0.3, -0.25) is 9.59 Å². The lowest BCUT2D eigenvalue weighted by Gasteiger charge is -2.26. The van der Waals surface area contributed by atoms with Gasteiger partial charge in [-0.05, 0) is 12.8 Å². The number of ketones is 1. The Morgan fingerprint density at radius 2 is 1.87 bits per heavy atom. The molecule has 0 N–H and O–H groups in total. The predicted molar refractivity (Wildman–Crippen MR) is 48.5 cm³/mol. The lowest BCUT2D eigenvalue weighted by Crippen LogP contribution is -2.29. The molecule has 0 saturated heterocycles. The predicted octanol–water partition coefficient (Wildman–Crippen LogP) is 1.94. The quantitative estimate of drug-likeness (QED) is 0.539. The Bertz CT molecular complexity index is 253. The molecule has 1 fully saturated rings. The summed E-state index contributed by atoms with van der Waals surface area (Å²) in [6, 6.07) is 0. The minimum absolute atomic E-state index is 0.169. The molecule has 0 heterocycles. The summed E-state index contributed by atoms with van der Waals surface area (Å²) in [5, 5.41) is 0. The van der Waals surface area contributed by atoms with E-state index in [9.17, 15) is 18.4 Å². The molecule has 86 valence electrons. The fraction of sp³-hybridized carbons (Fsp3) is 0.800. The Morgan fingerprint density at radius 1 is 1.33 bits per heavy atom. The molecule has 3 nitrogen and oxygen atoms in total. The Morgan fingerprint density at radius 3 is 2.33 bits per heavy atom. The molecule has 1 saturated carbocycles. The van der Waals surface area contributed by atoms with Gasteiger partial charge in [-0.25, -0.2) is 8.78 Å². The zero-order valence-corrected chi connectivity index (χ0v) is 8.59. The number of carbonyl (C=O) groups excluding carboxylic acids is 2. The second-order valence-corrected chi connectivity index (χ2v) is 3.85. The summed E-state index contributed by atoms with van der Waals surface area (Å²) < 4.78 is 29.9. The smallest absolute Gasteiger partial charge is 0.313 e. The first-order chi connectivity index (χ1) is 6.94. The third-order valence-corrected chi connectivity index (χ3v) is 2.72. The number of alkyl halides is 2. The van der Waals surface area contributed by atoms with Gasteiger partial charge in [0.15, 0.2) is 0 Å². The molecule has 1 rings (SSSR count). The van der Waals surface area contributed by atoms with Crippen molar-refractivity contribution in [3.05, 3.63) is 0 Å². The van der Waals surface area contributed by atoms with E-state index in [1.807, 2.05) is 0 Å². The highest BCUT2D eigenvalue weighted by Gasteiger charge is 2.37. The SMILES string of the molecule is COC(=O)CC(=O)C1CCC(F)(F)CC1. The third-order valence-electron chi connectivity index (χ3n) is 2.72. The van der Waals surface area contributed by atoms with Crippen molar-refractivity contribution in [2.24, 2.45) is 5.92 Å². The van der Waals surface area contributed by atoms with Crippen LogP contribution in [0.5, 0.6) is 0 Å². The zero-order valence-electron chi connectivity index (χ0n) is 8.59. The molecule has 0 bridgehead atoms. The molecule has 0 aromatic carbocycles. The van der Waals surface area contributed by atoms with Crippen molar-refractivity contribution < 1.29 is 23.1 Å². The van der Waals surface area contributed by atoms with E-state index in [1.165, 1.54) is 7.11 Å². The van der Waals surface area contributed by atoms with Crippen LogP contribution in [0.4, 0.5) is 8.78 Å². The van der Waals surface area contributed by atoms with Gasteiger partial charge in [-0.2, -0.15) is 0 Å². The van der Waals surface area contributed by atoms with Crippen molar-refractivity contribution >= 4 is 11.8 Å². The largest absolute Gasteiger partial charge is 0.469 e. The van der Waals surface area contributed by atoms with Gasteiger partial charge in [0, 0.05) is 18.8 Å². The van der Waals surface area contributed by atoms with Crippen molar-refractivity contribution in [1.29, 1.82) is 0 Å². The van der Waals surface area contributed by atoms with E-state index in [2.05, 4.69) is 4.74 Å². The topological polar surface area (TPSA) is 43.4 Å². The summed E-state index contributed by atoms with van der Waals surface area (Å²) >= 11 is 0. The van der Waals surface area contributed by atoms with Gasteiger partial charge in [0.1, 0.15) is 12.2 Å². The van der Waals surface area contributed by atoms with E-state index >= 15 is 0 Å². The highest BCUT2D eigenvalue weighted by atomic mass is 19.3. The lowest BCUT2D eigenvalue weighted by atomic mass is 9.83. The molecule has 5 heteroatoms. The van der Waals surface area contributed by atoms with Crippen LogP contribution in [0.25, 0.3) is 0 Å². The summed E-state index contributed by atoms with van der Waals surface area (Å²) in [6.07, 6.45) is -0.479. The molecule has 0 spiro atoms. The lowest BCUT2D eigenvalue weighted by molar-refractivity contribution is -0.145. The highest BCUT2D eigenvalue weighted by Crippen LogP contribution is 2.36. The standard InChI is InChI=1S/C10H14F2O3/c1-15-9(14)6-8(13)7-2-4-10(11,12)5-3-7/h7H,2-6H2,1H3. The van der Waals surface area contributed by atoms with Gasteiger partial charge in [0.05, 0.1) is 7.11 Å². The molecular formula is C10H14F2O3. The number of Topliss-reactive ketones (excluding diaryl/α,β-unsaturated/α-hetero) is 1. The van der Waals surface area contributed by atoms with Crippen molar-refractivity contribution in [3.8, 4) is 0 Å². The van der Waals surface area contributed by atoms with E-state index in [0.29, 0.717) is 0 Å². The van der Waals surface area contributed by atoms with Gasteiger partial charge in [-0.1, -0.05) is 0 Å². The van der Waals surface area contributed by atoms with Crippen LogP contribution < -0.4 is 0 Å². The molecule has 1 aliphatic rings. The summed E-state index contributed by atoms with van der Waals surface area (Å²) in [4.78, 5) is 22.2. The van der Waals surface area contributed by atoms with Gasteiger partial charge in [0.25, 0.3) is 0 Å². The first kappa shape index (κ1) is 12.1. The molecule has 15 heavy (non-hydrogen) atoms. The zero-order chi connectivity index (χ0) is 11.5. The number of carbonyl (C=O) groups is 2. The Hall–Kier alpha value is -1.00. The van der Waals surface area contributed by atoms with Gasteiger partial charge >= 0.3 is 5.97 Å². The number of rotatable bonds is 3. The molecule has 0 aromatic heterocycles. The summed E-state index contributed by atoms with van der Waals surface area (Å²) in [6.45, 7) is 0. The molecule has 0 aromatic rings. The fourth-order valence-electron chi connectivity index (χ4n) is 1.72. The van der Waals surface area contributed by atoms with Gasteiger partial charge < -0.3 is 4.74 Å². The van der Waals surface area contributed by atoms with E-state index < -0.39 is 17.8 Å². The summed E-state index contributed by atoms with van der Waals surface area (Å²) in [7, 11) is 1.20. The number of halogens is 2. The van der Waals surface area contributed by atoms with Crippen LogP contribution in [0.1, 0.15) is 32.1 Å². The average Bonchev–Trinajstić information content (AvgIpc) is 2.17.